The average Bonchev–Trinajstić information content (AvgIpc) is 2.39. The van der Waals surface area contributed by atoms with E-state index in [0.717, 1.165) is 12.2 Å². The molecule has 0 heterocycles. The van der Waals surface area contributed by atoms with Gasteiger partial charge in [0.2, 0.25) is 0 Å². The first-order chi connectivity index (χ1) is 8.70. The average molecular weight is 267 g/mol. The van der Waals surface area contributed by atoms with Gasteiger partial charge in [0.05, 0.1) is 0 Å². The summed E-state index contributed by atoms with van der Waals surface area (Å²) in [6, 6.07) is 11.0. The minimum Gasteiger partial charge on any atom is -0.396 e. The van der Waals surface area contributed by atoms with E-state index >= 15 is 0 Å². The Labute approximate surface area is 115 Å². The molecule has 0 bridgehead atoms. The standard InChI is InChI=1S/C15H25NOS/c1-12(2)15(18-11-7-10-17)14(16-3)13-8-5-4-6-9-13/h4-6,8-9,12,14-17H,7,10-11H2,1-3H3. The number of rotatable bonds is 8. The van der Waals surface area contributed by atoms with Crippen LogP contribution in [0.25, 0.3) is 0 Å². The molecule has 18 heavy (non-hydrogen) atoms. The third-order valence-corrected chi connectivity index (χ3v) is 4.79. The molecule has 102 valence electrons. The zero-order valence-corrected chi connectivity index (χ0v) is 12.4. The van der Waals surface area contributed by atoms with Gasteiger partial charge in [0.25, 0.3) is 0 Å². The summed E-state index contributed by atoms with van der Waals surface area (Å²) in [4.78, 5) is 0. The Morgan fingerprint density at radius 1 is 1.22 bits per heavy atom. The lowest BCUT2D eigenvalue weighted by Gasteiger charge is -2.30. The second kappa shape index (κ2) is 8.57. The minimum atomic E-state index is 0.285. The number of nitrogens with one attached hydrogen (secondary N) is 1. The smallest absolute Gasteiger partial charge is 0.0440 e. The van der Waals surface area contributed by atoms with E-state index in [1.807, 2.05) is 18.8 Å². The maximum Gasteiger partial charge on any atom is 0.0440 e. The summed E-state index contributed by atoms with van der Waals surface area (Å²) in [6.07, 6.45) is 0.874. The molecule has 0 aliphatic rings. The molecule has 0 fully saturated rings. The van der Waals surface area contributed by atoms with Crippen molar-refractivity contribution in [1.82, 2.24) is 5.32 Å². The fourth-order valence-electron chi connectivity index (χ4n) is 2.14. The monoisotopic (exact) mass is 267 g/mol. The Bertz CT molecular complexity index is 316. The van der Waals surface area contributed by atoms with Crippen LogP contribution in [0.15, 0.2) is 30.3 Å². The molecule has 2 N–H and O–H groups in total. The minimum absolute atomic E-state index is 0.285. The molecule has 0 aromatic heterocycles. The van der Waals surface area contributed by atoms with Crippen molar-refractivity contribution >= 4 is 11.8 Å². The number of aliphatic hydroxyl groups excluding tert-OH is 1. The van der Waals surface area contributed by atoms with Gasteiger partial charge in [0.15, 0.2) is 0 Å². The molecule has 1 aromatic carbocycles. The molecule has 3 heteroatoms. The summed E-state index contributed by atoms with van der Waals surface area (Å²) in [5, 5.41) is 12.9. The van der Waals surface area contributed by atoms with Crippen molar-refractivity contribution in [1.29, 1.82) is 0 Å². The van der Waals surface area contributed by atoms with Crippen molar-refractivity contribution in [2.24, 2.45) is 5.92 Å². The molecule has 0 saturated heterocycles. The number of thioether (sulfide) groups is 1. The fourth-order valence-corrected chi connectivity index (χ4v) is 3.58. The van der Waals surface area contributed by atoms with Gasteiger partial charge in [-0.3, -0.25) is 0 Å². The van der Waals surface area contributed by atoms with Gasteiger partial charge in [-0.2, -0.15) is 11.8 Å². The van der Waals surface area contributed by atoms with Gasteiger partial charge in [-0.25, -0.2) is 0 Å². The fraction of sp³-hybridized carbons (Fsp3) is 0.600. The molecular formula is C15H25NOS. The van der Waals surface area contributed by atoms with E-state index in [1.54, 1.807) is 0 Å². The maximum atomic E-state index is 8.90. The highest BCUT2D eigenvalue weighted by atomic mass is 32.2. The van der Waals surface area contributed by atoms with Crippen LogP contribution in [0.5, 0.6) is 0 Å². The van der Waals surface area contributed by atoms with Crippen LogP contribution in [0.4, 0.5) is 0 Å². The second-order valence-corrected chi connectivity index (χ2v) is 6.12. The van der Waals surface area contributed by atoms with Crippen LogP contribution in [-0.2, 0) is 0 Å². The topological polar surface area (TPSA) is 32.3 Å². The van der Waals surface area contributed by atoms with Crippen LogP contribution in [0.2, 0.25) is 0 Å². The molecule has 0 saturated carbocycles. The van der Waals surface area contributed by atoms with Crippen molar-refractivity contribution in [2.75, 3.05) is 19.4 Å². The highest BCUT2D eigenvalue weighted by Gasteiger charge is 2.24. The van der Waals surface area contributed by atoms with Gasteiger partial charge in [-0.15, -0.1) is 0 Å². The summed E-state index contributed by atoms with van der Waals surface area (Å²) in [5.74, 6) is 1.62. The Balaban J connectivity index is 2.74. The predicted molar refractivity (Wildman–Crippen MR) is 81.0 cm³/mol. The molecule has 2 atom stereocenters. The SMILES string of the molecule is CNC(c1ccccc1)C(SCCCO)C(C)C. The van der Waals surface area contributed by atoms with E-state index in [4.69, 9.17) is 5.11 Å². The van der Waals surface area contributed by atoms with Gasteiger partial charge < -0.3 is 10.4 Å². The summed E-state index contributed by atoms with van der Waals surface area (Å²) in [5.41, 5.74) is 1.34. The van der Waals surface area contributed by atoms with Gasteiger partial charge in [0.1, 0.15) is 0 Å². The van der Waals surface area contributed by atoms with Crippen molar-refractivity contribution in [3.05, 3.63) is 35.9 Å². The Hall–Kier alpha value is -0.510. The van der Waals surface area contributed by atoms with Crippen LogP contribution in [0.3, 0.4) is 0 Å². The molecule has 1 rings (SSSR count). The quantitative estimate of drug-likeness (QED) is 0.710. The highest BCUT2D eigenvalue weighted by Crippen LogP contribution is 2.32. The van der Waals surface area contributed by atoms with E-state index < -0.39 is 0 Å². The Kier molecular flexibility index (Phi) is 7.40. The largest absolute Gasteiger partial charge is 0.396 e. The number of aliphatic hydroxyl groups is 1. The first-order valence-corrected chi connectivity index (χ1v) is 7.70. The van der Waals surface area contributed by atoms with E-state index in [-0.39, 0.29) is 6.61 Å². The van der Waals surface area contributed by atoms with Crippen LogP contribution in [-0.4, -0.2) is 29.8 Å². The normalized spacial score (nSPS) is 14.7. The molecule has 2 nitrogen and oxygen atoms in total. The predicted octanol–water partition coefficient (Wildman–Crippen LogP) is 3.09. The van der Waals surface area contributed by atoms with Gasteiger partial charge in [-0.05, 0) is 30.7 Å². The van der Waals surface area contributed by atoms with Crippen molar-refractivity contribution < 1.29 is 5.11 Å². The number of benzene rings is 1. The zero-order valence-electron chi connectivity index (χ0n) is 11.6. The summed E-state index contributed by atoms with van der Waals surface area (Å²) in [6.45, 7) is 4.82. The molecule has 2 unspecified atom stereocenters. The Morgan fingerprint density at radius 3 is 2.39 bits per heavy atom. The zero-order chi connectivity index (χ0) is 13.4. The van der Waals surface area contributed by atoms with Crippen LogP contribution >= 0.6 is 11.8 Å². The summed E-state index contributed by atoms with van der Waals surface area (Å²) >= 11 is 1.96. The van der Waals surface area contributed by atoms with Crippen molar-refractivity contribution in [3.8, 4) is 0 Å². The Morgan fingerprint density at radius 2 is 1.89 bits per heavy atom. The lowest BCUT2D eigenvalue weighted by Crippen LogP contribution is -2.31. The van der Waals surface area contributed by atoms with Crippen LogP contribution < -0.4 is 5.32 Å². The van der Waals surface area contributed by atoms with E-state index in [2.05, 4.69) is 49.5 Å². The van der Waals surface area contributed by atoms with Crippen molar-refractivity contribution in [3.63, 3.8) is 0 Å². The lowest BCUT2D eigenvalue weighted by atomic mass is 9.96. The third kappa shape index (κ3) is 4.63. The van der Waals surface area contributed by atoms with Crippen molar-refractivity contribution in [2.45, 2.75) is 31.6 Å². The number of hydrogen-bond acceptors (Lipinski definition) is 3. The van der Waals surface area contributed by atoms with Gasteiger partial charge in [0, 0.05) is 17.9 Å². The van der Waals surface area contributed by atoms with E-state index in [0.29, 0.717) is 17.2 Å². The van der Waals surface area contributed by atoms with E-state index in [1.165, 1.54) is 5.56 Å². The van der Waals surface area contributed by atoms with Crippen LogP contribution in [0, 0.1) is 5.92 Å². The highest BCUT2D eigenvalue weighted by molar-refractivity contribution is 7.99. The van der Waals surface area contributed by atoms with E-state index in [9.17, 15) is 0 Å². The lowest BCUT2D eigenvalue weighted by molar-refractivity contribution is 0.296. The van der Waals surface area contributed by atoms with Gasteiger partial charge >= 0.3 is 0 Å². The molecule has 0 radical (unpaired) electrons. The maximum absolute atomic E-state index is 8.90. The molecule has 0 amide bonds. The number of hydrogen-bond donors (Lipinski definition) is 2. The van der Waals surface area contributed by atoms with Crippen LogP contribution in [0.1, 0.15) is 31.9 Å². The summed E-state index contributed by atoms with van der Waals surface area (Å²) in [7, 11) is 2.03. The molecule has 0 aliphatic heterocycles. The molecule has 0 aliphatic carbocycles. The second-order valence-electron chi connectivity index (χ2n) is 4.83. The first-order valence-electron chi connectivity index (χ1n) is 6.65. The third-order valence-electron chi connectivity index (χ3n) is 3.07. The summed E-state index contributed by atoms with van der Waals surface area (Å²) < 4.78 is 0. The molecule has 0 spiro atoms. The first kappa shape index (κ1) is 15.5. The molecular weight excluding hydrogens is 242 g/mol. The molecule has 1 aromatic rings. The van der Waals surface area contributed by atoms with Gasteiger partial charge in [-0.1, -0.05) is 44.2 Å².